The Morgan fingerprint density at radius 3 is 2.00 bits per heavy atom. The third kappa shape index (κ3) is 2.81. The third-order valence-electron chi connectivity index (χ3n) is 4.71. The number of rotatable bonds is 6. The molecule has 1 nitrogen and oxygen atoms in total. The lowest BCUT2D eigenvalue weighted by Crippen LogP contribution is -2.37. The molecule has 1 saturated carbocycles. The summed E-state index contributed by atoms with van der Waals surface area (Å²) in [5, 5.41) is 8.61. The Balaban J connectivity index is 3.03. The van der Waals surface area contributed by atoms with Crippen LogP contribution in [0.2, 0.25) is 0 Å². The molecule has 1 rings (SSSR count). The topological polar surface area (TPSA) is 23.9 Å². The fourth-order valence-electron chi connectivity index (χ4n) is 2.94. The van der Waals surface area contributed by atoms with E-state index in [1.54, 1.807) is 0 Å². The van der Waals surface area contributed by atoms with E-state index in [4.69, 9.17) is 5.41 Å². The first-order chi connectivity index (χ1) is 8.00. The molecule has 17 heavy (non-hydrogen) atoms. The number of nitrogens with one attached hydrogen (secondary N) is 1. The van der Waals surface area contributed by atoms with Gasteiger partial charge in [0.25, 0.3) is 0 Å². The highest BCUT2D eigenvalue weighted by molar-refractivity contribution is 6.03. The van der Waals surface area contributed by atoms with Crippen LogP contribution in [0.3, 0.4) is 0 Å². The molecule has 0 aromatic carbocycles. The highest BCUT2D eigenvalue weighted by atomic mass is 14.6. The van der Waals surface area contributed by atoms with Crippen molar-refractivity contribution in [2.45, 2.75) is 73.1 Å². The molecule has 1 aliphatic carbocycles. The van der Waals surface area contributed by atoms with Gasteiger partial charge in [0.2, 0.25) is 0 Å². The second-order valence-corrected chi connectivity index (χ2v) is 5.85. The van der Waals surface area contributed by atoms with E-state index in [9.17, 15) is 0 Å². The van der Waals surface area contributed by atoms with E-state index in [0.717, 1.165) is 12.1 Å². The van der Waals surface area contributed by atoms with Crippen molar-refractivity contribution in [2.75, 3.05) is 0 Å². The molecule has 0 atom stereocenters. The van der Waals surface area contributed by atoms with Gasteiger partial charge in [-0.3, -0.25) is 0 Å². The van der Waals surface area contributed by atoms with Crippen LogP contribution in [0.15, 0.2) is 11.1 Å². The van der Waals surface area contributed by atoms with Gasteiger partial charge in [0.1, 0.15) is 0 Å². The van der Waals surface area contributed by atoms with Crippen LogP contribution in [0.4, 0.5) is 0 Å². The first-order valence-corrected chi connectivity index (χ1v) is 7.29. The Kier molecular flexibility index (Phi) is 4.97. The highest BCUT2D eigenvalue weighted by Crippen LogP contribution is 2.45. The summed E-state index contributed by atoms with van der Waals surface area (Å²) in [6.45, 7) is 11.2. The first-order valence-electron chi connectivity index (χ1n) is 7.29. The zero-order valence-corrected chi connectivity index (χ0v) is 12.3. The second-order valence-electron chi connectivity index (χ2n) is 5.85. The highest BCUT2D eigenvalue weighted by Gasteiger charge is 2.39. The van der Waals surface area contributed by atoms with E-state index in [2.05, 4.69) is 34.6 Å². The molecule has 98 valence electrons. The minimum absolute atomic E-state index is 0.189. The van der Waals surface area contributed by atoms with Crippen molar-refractivity contribution >= 4 is 5.71 Å². The molecule has 1 fully saturated rings. The average molecular weight is 235 g/mol. The van der Waals surface area contributed by atoms with Crippen molar-refractivity contribution in [3.63, 3.8) is 0 Å². The summed E-state index contributed by atoms with van der Waals surface area (Å²) < 4.78 is 0. The molecule has 0 heterocycles. The molecule has 1 N–H and O–H groups in total. The van der Waals surface area contributed by atoms with Crippen LogP contribution >= 0.6 is 0 Å². The SMILES string of the molecule is CC/C(C)=C(\C(=N)C1(C)CCC1)C(CC)CC. The Labute approximate surface area is 107 Å². The number of hydrogen-bond donors (Lipinski definition) is 1. The van der Waals surface area contributed by atoms with Crippen molar-refractivity contribution in [2.24, 2.45) is 11.3 Å². The van der Waals surface area contributed by atoms with Gasteiger partial charge in [0.05, 0.1) is 0 Å². The van der Waals surface area contributed by atoms with Crippen LogP contribution in [-0.4, -0.2) is 5.71 Å². The van der Waals surface area contributed by atoms with Gasteiger partial charge in [-0.05, 0) is 50.5 Å². The minimum atomic E-state index is 0.189. The van der Waals surface area contributed by atoms with Crippen LogP contribution in [0, 0.1) is 16.7 Å². The molecule has 0 unspecified atom stereocenters. The molecule has 0 aliphatic heterocycles. The average Bonchev–Trinajstić information content (AvgIpc) is 2.31. The molecule has 1 aliphatic rings. The van der Waals surface area contributed by atoms with Crippen molar-refractivity contribution in [3.05, 3.63) is 11.1 Å². The molecule has 1 heteroatoms. The summed E-state index contributed by atoms with van der Waals surface area (Å²) in [6.07, 6.45) is 7.16. The lowest BCUT2D eigenvalue weighted by molar-refractivity contribution is 0.259. The van der Waals surface area contributed by atoms with Gasteiger partial charge in [-0.2, -0.15) is 0 Å². The summed E-state index contributed by atoms with van der Waals surface area (Å²) in [5.74, 6) is 0.597. The van der Waals surface area contributed by atoms with Crippen LogP contribution in [-0.2, 0) is 0 Å². The van der Waals surface area contributed by atoms with E-state index in [-0.39, 0.29) is 5.41 Å². The Hall–Kier alpha value is -0.590. The van der Waals surface area contributed by atoms with E-state index < -0.39 is 0 Å². The van der Waals surface area contributed by atoms with E-state index in [0.29, 0.717) is 5.92 Å². The van der Waals surface area contributed by atoms with Crippen molar-refractivity contribution in [1.82, 2.24) is 0 Å². The Morgan fingerprint density at radius 1 is 1.18 bits per heavy atom. The Bertz CT molecular complexity index is 303. The van der Waals surface area contributed by atoms with Crippen LogP contribution in [0.5, 0.6) is 0 Å². The minimum Gasteiger partial charge on any atom is -0.304 e. The first kappa shape index (κ1) is 14.5. The fraction of sp³-hybridized carbons (Fsp3) is 0.812. The molecule has 0 spiro atoms. The lowest BCUT2D eigenvalue weighted by Gasteiger charge is -2.41. The maximum atomic E-state index is 8.61. The molecule has 0 radical (unpaired) electrons. The molecule has 0 bridgehead atoms. The smallest absolute Gasteiger partial charge is 0.0407 e. The maximum absolute atomic E-state index is 8.61. The van der Waals surface area contributed by atoms with Gasteiger partial charge in [-0.25, -0.2) is 0 Å². The molecule has 0 aromatic heterocycles. The van der Waals surface area contributed by atoms with Crippen molar-refractivity contribution in [1.29, 1.82) is 5.41 Å². The van der Waals surface area contributed by atoms with Crippen molar-refractivity contribution < 1.29 is 0 Å². The second kappa shape index (κ2) is 5.84. The largest absolute Gasteiger partial charge is 0.304 e. The standard InChI is InChI=1S/C16H29N/c1-6-12(4)14(13(7-2)8-3)15(17)16(5)10-9-11-16/h13,17H,6-11H2,1-5H3/b14-12-,17-15?. The van der Waals surface area contributed by atoms with E-state index in [1.807, 2.05) is 0 Å². The van der Waals surface area contributed by atoms with Crippen LogP contribution < -0.4 is 0 Å². The number of hydrogen-bond acceptors (Lipinski definition) is 1. The van der Waals surface area contributed by atoms with Gasteiger partial charge in [0, 0.05) is 11.1 Å². The van der Waals surface area contributed by atoms with E-state index in [1.165, 1.54) is 43.3 Å². The summed E-state index contributed by atoms with van der Waals surface area (Å²) in [4.78, 5) is 0. The van der Waals surface area contributed by atoms with Gasteiger partial charge in [-0.15, -0.1) is 0 Å². The molecule has 0 saturated heterocycles. The zero-order chi connectivity index (χ0) is 13.1. The fourth-order valence-corrected chi connectivity index (χ4v) is 2.94. The summed E-state index contributed by atoms with van der Waals surface area (Å²) in [5.41, 5.74) is 3.97. The summed E-state index contributed by atoms with van der Waals surface area (Å²) in [7, 11) is 0. The third-order valence-corrected chi connectivity index (χ3v) is 4.71. The predicted octanol–water partition coefficient (Wildman–Crippen LogP) is 5.36. The van der Waals surface area contributed by atoms with E-state index >= 15 is 0 Å². The summed E-state index contributed by atoms with van der Waals surface area (Å²) in [6, 6.07) is 0. The predicted molar refractivity (Wildman–Crippen MR) is 76.7 cm³/mol. The maximum Gasteiger partial charge on any atom is 0.0407 e. The molecule has 0 aromatic rings. The summed E-state index contributed by atoms with van der Waals surface area (Å²) >= 11 is 0. The monoisotopic (exact) mass is 235 g/mol. The van der Waals surface area contributed by atoms with Gasteiger partial charge >= 0.3 is 0 Å². The zero-order valence-electron chi connectivity index (χ0n) is 12.3. The van der Waals surface area contributed by atoms with Gasteiger partial charge < -0.3 is 5.41 Å². The molecular formula is C16H29N. The van der Waals surface area contributed by atoms with Crippen LogP contribution in [0.1, 0.15) is 73.1 Å². The Morgan fingerprint density at radius 2 is 1.71 bits per heavy atom. The van der Waals surface area contributed by atoms with Gasteiger partial charge in [0.15, 0.2) is 0 Å². The number of allylic oxidation sites excluding steroid dienone is 2. The molecular weight excluding hydrogens is 206 g/mol. The quantitative estimate of drug-likeness (QED) is 0.599. The van der Waals surface area contributed by atoms with Crippen molar-refractivity contribution in [3.8, 4) is 0 Å². The van der Waals surface area contributed by atoms with Crippen LogP contribution in [0.25, 0.3) is 0 Å². The normalized spacial score (nSPS) is 19.9. The van der Waals surface area contributed by atoms with Gasteiger partial charge in [-0.1, -0.05) is 39.7 Å². The lowest BCUT2D eigenvalue weighted by atomic mass is 9.63. The molecule has 0 amide bonds.